The molecule has 0 unspecified atom stereocenters. The van der Waals surface area contributed by atoms with Gasteiger partial charge in [-0.1, -0.05) is 13.8 Å². The van der Waals surface area contributed by atoms with Gasteiger partial charge >= 0.3 is 0 Å². The highest BCUT2D eigenvalue weighted by atomic mass is 16.3. The molecular weight excluding hydrogens is 126 g/mol. The predicted octanol–water partition coefficient (Wildman–Crippen LogP) is 1.49. The van der Waals surface area contributed by atoms with Crippen LogP contribution in [0.5, 0.6) is 0 Å². The second-order valence-electron chi connectivity index (χ2n) is 2.94. The van der Waals surface area contributed by atoms with Crippen molar-refractivity contribution in [3.05, 3.63) is 0 Å². The molecule has 0 spiro atoms. The molecule has 0 aromatic heterocycles. The summed E-state index contributed by atoms with van der Waals surface area (Å²) >= 11 is 0. The van der Waals surface area contributed by atoms with Gasteiger partial charge < -0.3 is 5.11 Å². The van der Waals surface area contributed by atoms with Crippen LogP contribution in [0.2, 0.25) is 0 Å². The fraction of sp³-hybridized carbons (Fsp3) is 0.875. The smallest absolute Gasteiger partial charge is 0.0626 e. The molecule has 0 aliphatic carbocycles. The topological polar surface area (TPSA) is 32.6 Å². The number of aliphatic hydroxyl groups excluding tert-OH is 1. The molecule has 10 heavy (non-hydrogen) atoms. The normalized spacial score (nSPS) is 12.7. The molecular formula is C8H17NO. The Morgan fingerprint density at radius 1 is 1.50 bits per heavy atom. The zero-order valence-electron chi connectivity index (χ0n) is 7.09. The van der Waals surface area contributed by atoms with Crippen LogP contribution in [-0.2, 0) is 0 Å². The van der Waals surface area contributed by atoms with Gasteiger partial charge in [0.25, 0.3) is 0 Å². The van der Waals surface area contributed by atoms with E-state index in [4.69, 9.17) is 5.11 Å². The lowest BCUT2D eigenvalue weighted by molar-refractivity contribution is 0.306. The van der Waals surface area contributed by atoms with E-state index in [1.165, 1.54) is 0 Å². The maximum absolute atomic E-state index is 8.44. The van der Waals surface area contributed by atoms with Crippen molar-refractivity contribution in [1.29, 1.82) is 0 Å². The highest BCUT2D eigenvalue weighted by molar-refractivity contribution is 5.81. The van der Waals surface area contributed by atoms with Crippen LogP contribution in [-0.4, -0.2) is 24.0 Å². The van der Waals surface area contributed by atoms with Crippen molar-refractivity contribution in [1.82, 2.24) is 0 Å². The molecule has 1 N–H and O–H groups in total. The van der Waals surface area contributed by atoms with E-state index in [9.17, 15) is 0 Å². The van der Waals surface area contributed by atoms with Crippen molar-refractivity contribution in [2.24, 2.45) is 10.9 Å². The molecule has 2 heteroatoms. The largest absolute Gasteiger partial charge is 0.394 e. The molecule has 0 saturated heterocycles. The van der Waals surface area contributed by atoms with E-state index in [1.807, 2.05) is 6.92 Å². The van der Waals surface area contributed by atoms with Gasteiger partial charge in [-0.05, 0) is 19.3 Å². The quantitative estimate of drug-likeness (QED) is 0.594. The van der Waals surface area contributed by atoms with E-state index >= 15 is 0 Å². The Morgan fingerprint density at radius 3 is 2.50 bits per heavy atom. The lowest BCUT2D eigenvalue weighted by Crippen LogP contribution is -2.00. The van der Waals surface area contributed by atoms with Crippen LogP contribution in [0.4, 0.5) is 0 Å². The van der Waals surface area contributed by atoms with Crippen molar-refractivity contribution in [2.75, 3.05) is 13.2 Å². The zero-order valence-corrected chi connectivity index (χ0v) is 7.09. The van der Waals surface area contributed by atoms with Gasteiger partial charge in [-0.2, -0.15) is 0 Å². The number of hydrogen-bond acceptors (Lipinski definition) is 2. The molecule has 0 saturated carbocycles. The highest BCUT2D eigenvalue weighted by Gasteiger charge is 1.95. The molecule has 2 nitrogen and oxygen atoms in total. The average Bonchev–Trinajstić information content (AvgIpc) is 1.82. The SMILES string of the molecule is CC(CC(C)C)=NCCO. The third-order valence-corrected chi connectivity index (χ3v) is 1.19. The predicted molar refractivity (Wildman–Crippen MR) is 44.5 cm³/mol. The molecule has 0 heterocycles. The maximum atomic E-state index is 8.44. The van der Waals surface area contributed by atoms with Gasteiger partial charge in [-0.3, -0.25) is 4.99 Å². The van der Waals surface area contributed by atoms with Crippen LogP contribution < -0.4 is 0 Å². The van der Waals surface area contributed by atoms with Crippen molar-refractivity contribution in [3.8, 4) is 0 Å². The summed E-state index contributed by atoms with van der Waals surface area (Å²) in [6, 6.07) is 0. The fourth-order valence-corrected chi connectivity index (χ4v) is 0.896. The number of aliphatic imine (C=N–C) groups is 1. The Bertz CT molecular complexity index is 108. The minimum atomic E-state index is 0.162. The summed E-state index contributed by atoms with van der Waals surface area (Å²) in [6.45, 7) is 7.06. The van der Waals surface area contributed by atoms with Crippen LogP contribution in [0.3, 0.4) is 0 Å². The van der Waals surface area contributed by atoms with Crippen LogP contribution in [0.1, 0.15) is 27.2 Å². The van der Waals surface area contributed by atoms with Crippen molar-refractivity contribution < 1.29 is 5.11 Å². The second-order valence-corrected chi connectivity index (χ2v) is 2.94. The van der Waals surface area contributed by atoms with E-state index in [0.29, 0.717) is 12.5 Å². The summed E-state index contributed by atoms with van der Waals surface area (Å²) in [5.74, 6) is 0.669. The third kappa shape index (κ3) is 5.76. The van der Waals surface area contributed by atoms with E-state index < -0.39 is 0 Å². The molecule has 0 aliphatic rings. The summed E-state index contributed by atoms with van der Waals surface area (Å²) < 4.78 is 0. The first-order valence-electron chi connectivity index (χ1n) is 3.77. The van der Waals surface area contributed by atoms with E-state index in [2.05, 4.69) is 18.8 Å². The monoisotopic (exact) mass is 143 g/mol. The first kappa shape index (κ1) is 9.63. The molecule has 60 valence electrons. The Morgan fingerprint density at radius 2 is 2.10 bits per heavy atom. The van der Waals surface area contributed by atoms with Crippen LogP contribution in [0, 0.1) is 5.92 Å². The first-order chi connectivity index (χ1) is 4.66. The van der Waals surface area contributed by atoms with Crippen LogP contribution in [0.15, 0.2) is 4.99 Å². The number of hydrogen-bond donors (Lipinski definition) is 1. The fourth-order valence-electron chi connectivity index (χ4n) is 0.896. The van der Waals surface area contributed by atoms with Gasteiger partial charge in [-0.15, -0.1) is 0 Å². The summed E-state index contributed by atoms with van der Waals surface area (Å²) in [7, 11) is 0. The Kier molecular flexibility index (Phi) is 5.22. The Labute approximate surface area is 63.0 Å². The highest BCUT2D eigenvalue weighted by Crippen LogP contribution is 2.00. The van der Waals surface area contributed by atoms with Gasteiger partial charge in [0, 0.05) is 5.71 Å². The molecule has 0 aromatic carbocycles. The summed E-state index contributed by atoms with van der Waals surface area (Å²) in [5.41, 5.74) is 1.14. The van der Waals surface area contributed by atoms with Crippen LogP contribution >= 0.6 is 0 Å². The molecule has 0 bridgehead atoms. The van der Waals surface area contributed by atoms with Gasteiger partial charge in [-0.25, -0.2) is 0 Å². The lowest BCUT2D eigenvalue weighted by Gasteiger charge is -2.02. The standard InChI is InChI=1S/C8H17NO/c1-7(2)6-8(3)9-4-5-10/h7,10H,4-6H2,1-3H3. The molecule has 0 atom stereocenters. The molecule has 0 fully saturated rings. The van der Waals surface area contributed by atoms with Gasteiger partial charge in [0.05, 0.1) is 13.2 Å². The summed E-state index contributed by atoms with van der Waals surface area (Å²) in [5, 5.41) is 8.44. The Hall–Kier alpha value is -0.370. The van der Waals surface area contributed by atoms with Crippen molar-refractivity contribution >= 4 is 5.71 Å². The molecule has 0 aromatic rings. The van der Waals surface area contributed by atoms with Gasteiger partial charge in [0.2, 0.25) is 0 Å². The van der Waals surface area contributed by atoms with Gasteiger partial charge in [0.15, 0.2) is 0 Å². The second kappa shape index (κ2) is 5.42. The molecule has 0 radical (unpaired) electrons. The van der Waals surface area contributed by atoms with Crippen molar-refractivity contribution in [2.45, 2.75) is 27.2 Å². The summed E-state index contributed by atoms with van der Waals surface area (Å²) in [4.78, 5) is 4.15. The van der Waals surface area contributed by atoms with E-state index in [0.717, 1.165) is 12.1 Å². The molecule has 0 rings (SSSR count). The van der Waals surface area contributed by atoms with Crippen molar-refractivity contribution in [3.63, 3.8) is 0 Å². The third-order valence-electron chi connectivity index (χ3n) is 1.19. The minimum absolute atomic E-state index is 0.162. The number of aliphatic hydroxyl groups is 1. The van der Waals surface area contributed by atoms with E-state index in [-0.39, 0.29) is 6.61 Å². The number of rotatable bonds is 4. The zero-order chi connectivity index (χ0) is 7.98. The van der Waals surface area contributed by atoms with Gasteiger partial charge in [0.1, 0.15) is 0 Å². The minimum Gasteiger partial charge on any atom is -0.394 e. The lowest BCUT2D eigenvalue weighted by atomic mass is 10.1. The first-order valence-corrected chi connectivity index (χ1v) is 3.77. The molecule has 0 aliphatic heterocycles. The Balaban J connectivity index is 3.49. The van der Waals surface area contributed by atoms with E-state index in [1.54, 1.807) is 0 Å². The summed E-state index contributed by atoms with van der Waals surface area (Å²) in [6.07, 6.45) is 1.04. The number of nitrogens with zero attached hydrogens (tertiary/aromatic N) is 1. The average molecular weight is 143 g/mol. The molecule has 0 amide bonds. The van der Waals surface area contributed by atoms with Crippen LogP contribution in [0.25, 0.3) is 0 Å². The maximum Gasteiger partial charge on any atom is 0.0626 e.